The molecule has 1 atom stereocenters. The zero-order valence-corrected chi connectivity index (χ0v) is 25.0. The van der Waals surface area contributed by atoms with E-state index in [9.17, 15) is 9.59 Å². The van der Waals surface area contributed by atoms with Gasteiger partial charge in [-0.1, -0.05) is 56.6 Å². The van der Waals surface area contributed by atoms with Crippen LogP contribution in [0.4, 0.5) is 5.82 Å². The molecule has 0 radical (unpaired) electrons. The highest BCUT2D eigenvalue weighted by Crippen LogP contribution is 2.50. The molecule has 11 heteroatoms. The van der Waals surface area contributed by atoms with Gasteiger partial charge in [-0.3, -0.25) is 19.5 Å². The number of amides is 2. The Kier molecular flexibility index (Phi) is 7.59. The second-order valence-electron chi connectivity index (χ2n) is 11.1. The quantitative estimate of drug-likeness (QED) is 0.314. The van der Waals surface area contributed by atoms with Crippen molar-refractivity contribution in [2.24, 2.45) is 0 Å². The Morgan fingerprint density at radius 3 is 2.69 bits per heavy atom. The van der Waals surface area contributed by atoms with Gasteiger partial charge in [0, 0.05) is 29.9 Å². The van der Waals surface area contributed by atoms with Crippen LogP contribution >= 0.6 is 23.4 Å². The Balaban J connectivity index is 1.49. The molecule has 216 valence electrons. The number of nitrogens with zero attached hydrogens (tertiary/aromatic N) is 4. The normalized spacial score (nSPS) is 16.2. The molecule has 1 N–H and O–H groups in total. The average Bonchev–Trinajstić information content (AvgIpc) is 3.58. The molecular weight excluding hydrogens is 574 g/mol. The SMILES string of the molecule is CC(C)(C)c1nn(-c2ccccc2Cl)c2c1[C@@H](c1ccc3c(c1)OCO3)SCC(=O)N2CC(=O)NCc1cccnc1. The van der Waals surface area contributed by atoms with Gasteiger partial charge >= 0.3 is 0 Å². The molecule has 4 heterocycles. The molecule has 0 saturated carbocycles. The van der Waals surface area contributed by atoms with Crippen LogP contribution in [0.1, 0.15) is 48.4 Å². The third-order valence-corrected chi connectivity index (χ3v) is 8.67. The van der Waals surface area contributed by atoms with Crippen LogP contribution < -0.4 is 19.7 Å². The van der Waals surface area contributed by atoms with Crippen molar-refractivity contribution in [1.29, 1.82) is 0 Å². The number of hydrogen-bond donors (Lipinski definition) is 1. The van der Waals surface area contributed by atoms with E-state index in [0.717, 1.165) is 22.4 Å². The largest absolute Gasteiger partial charge is 0.454 e. The molecule has 2 amide bonds. The van der Waals surface area contributed by atoms with Crippen molar-refractivity contribution in [3.05, 3.63) is 94.4 Å². The van der Waals surface area contributed by atoms with E-state index in [1.807, 2.05) is 48.5 Å². The van der Waals surface area contributed by atoms with Crippen LogP contribution in [0.2, 0.25) is 5.02 Å². The Labute approximate surface area is 253 Å². The van der Waals surface area contributed by atoms with Crippen LogP contribution in [0.5, 0.6) is 11.5 Å². The van der Waals surface area contributed by atoms with Gasteiger partial charge in [0.25, 0.3) is 0 Å². The molecule has 9 nitrogen and oxygen atoms in total. The summed E-state index contributed by atoms with van der Waals surface area (Å²) in [7, 11) is 0. The predicted molar refractivity (Wildman–Crippen MR) is 163 cm³/mol. The number of halogens is 1. The zero-order chi connectivity index (χ0) is 29.4. The van der Waals surface area contributed by atoms with Crippen LogP contribution in [0.25, 0.3) is 5.69 Å². The Morgan fingerprint density at radius 2 is 1.93 bits per heavy atom. The maximum absolute atomic E-state index is 13.9. The minimum Gasteiger partial charge on any atom is -0.454 e. The van der Waals surface area contributed by atoms with Gasteiger partial charge in [-0.15, -0.1) is 11.8 Å². The number of fused-ring (bicyclic) bond motifs is 2. The minimum atomic E-state index is -0.395. The van der Waals surface area contributed by atoms with Crippen LogP contribution in [0, 0.1) is 0 Å². The van der Waals surface area contributed by atoms with Crippen molar-refractivity contribution in [2.45, 2.75) is 38.0 Å². The third kappa shape index (κ3) is 5.44. The molecule has 2 aromatic heterocycles. The molecule has 0 unspecified atom stereocenters. The number of carbonyl (C=O) groups excluding carboxylic acids is 2. The first-order valence-corrected chi connectivity index (χ1v) is 15.0. The summed E-state index contributed by atoms with van der Waals surface area (Å²) >= 11 is 8.21. The van der Waals surface area contributed by atoms with E-state index in [0.29, 0.717) is 34.6 Å². The van der Waals surface area contributed by atoms with Gasteiger partial charge in [-0.2, -0.15) is 5.10 Å². The summed E-state index contributed by atoms with van der Waals surface area (Å²) in [6.07, 6.45) is 3.38. The van der Waals surface area contributed by atoms with Crippen molar-refractivity contribution >= 4 is 41.0 Å². The highest BCUT2D eigenvalue weighted by molar-refractivity contribution is 8.00. The number of rotatable bonds is 6. The van der Waals surface area contributed by atoms with Gasteiger partial charge in [0.05, 0.1) is 27.4 Å². The number of ether oxygens (including phenoxy) is 2. The molecule has 6 rings (SSSR count). The minimum absolute atomic E-state index is 0.162. The molecule has 0 spiro atoms. The Morgan fingerprint density at radius 1 is 1.12 bits per heavy atom. The van der Waals surface area contributed by atoms with Gasteiger partial charge in [-0.25, -0.2) is 4.68 Å². The first-order valence-electron chi connectivity index (χ1n) is 13.6. The van der Waals surface area contributed by atoms with Crippen molar-refractivity contribution in [3.8, 4) is 17.2 Å². The fraction of sp³-hybridized carbons (Fsp3) is 0.290. The van der Waals surface area contributed by atoms with Crippen molar-refractivity contribution < 1.29 is 19.1 Å². The van der Waals surface area contributed by atoms with Crippen molar-refractivity contribution in [1.82, 2.24) is 20.1 Å². The molecule has 0 aliphatic carbocycles. The first kappa shape index (κ1) is 28.1. The summed E-state index contributed by atoms with van der Waals surface area (Å²) in [6.45, 7) is 6.55. The zero-order valence-electron chi connectivity index (χ0n) is 23.5. The molecule has 2 aliphatic rings. The van der Waals surface area contributed by atoms with Gasteiger partial charge in [0.1, 0.15) is 12.4 Å². The number of para-hydroxylation sites is 1. The maximum atomic E-state index is 13.9. The fourth-order valence-electron chi connectivity index (χ4n) is 5.11. The van der Waals surface area contributed by atoms with E-state index in [2.05, 4.69) is 31.1 Å². The lowest BCUT2D eigenvalue weighted by atomic mass is 9.87. The summed E-state index contributed by atoms with van der Waals surface area (Å²) in [6, 6.07) is 16.9. The van der Waals surface area contributed by atoms with E-state index in [1.54, 1.807) is 28.0 Å². The lowest BCUT2D eigenvalue weighted by Gasteiger charge is -2.24. The lowest BCUT2D eigenvalue weighted by molar-refractivity contribution is -0.123. The summed E-state index contributed by atoms with van der Waals surface area (Å²) in [4.78, 5) is 32.9. The van der Waals surface area contributed by atoms with E-state index < -0.39 is 5.41 Å². The van der Waals surface area contributed by atoms with Crippen molar-refractivity contribution in [2.75, 3.05) is 24.0 Å². The Bertz CT molecular complexity index is 1650. The highest BCUT2D eigenvalue weighted by atomic mass is 35.5. The topological polar surface area (TPSA) is 98.6 Å². The number of aromatic nitrogens is 3. The van der Waals surface area contributed by atoms with Crippen molar-refractivity contribution in [3.63, 3.8) is 0 Å². The van der Waals surface area contributed by atoms with E-state index in [-0.39, 0.29) is 36.2 Å². The summed E-state index contributed by atoms with van der Waals surface area (Å²) in [5.41, 5.74) is 3.71. The van der Waals surface area contributed by atoms with Crippen LogP contribution in [-0.4, -0.2) is 45.7 Å². The number of hydrogen-bond acceptors (Lipinski definition) is 7. The summed E-state index contributed by atoms with van der Waals surface area (Å²) in [5, 5.41) is 8.24. The van der Waals surface area contributed by atoms with Crippen LogP contribution in [-0.2, 0) is 21.5 Å². The summed E-state index contributed by atoms with van der Waals surface area (Å²) in [5.74, 6) is 1.54. The van der Waals surface area contributed by atoms with Gasteiger partial charge in [0.2, 0.25) is 18.6 Å². The van der Waals surface area contributed by atoms with E-state index in [4.69, 9.17) is 26.2 Å². The summed E-state index contributed by atoms with van der Waals surface area (Å²) < 4.78 is 13.0. The molecule has 4 aromatic rings. The maximum Gasteiger partial charge on any atom is 0.240 e. The van der Waals surface area contributed by atoms with E-state index >= 15 is 0 Å². The van der Waals surface area contributed by atoms with Crippen LogP contribution in [0.15, 0.2) is 67.0 Å². The third-order valence-electron chi connectivity index (χ3n) is 7.09. The second-order valence-corrected chi connectivity index (χ2v) is 12.6. The van der Waals surface area contributed by atoms with Gasteiger partial charge in [0.15, 0.2) is 11.5 Å². The molecule has 0 fully saturated rings. The average molecular weight is 604 g/mol. The lowest BCUT2D eigenvalue weighted by Crippen LogP contribution is -2.42. The van der Waals surface area contributed by atoms with Gasteiger partial charge < -0.3 is 14.8 Å². The first-order chi connectivity index (χ1) is 20.2. The standard InChI is InChI=1S/C31H30ClN5O4S/c1-31(2,3)29-27-28(20-10-11-23-24(13-20)41-18-40-23)42-17-26(39)36(16-25(38)34-15-19-7-6-12-33-14-19)30(27)37(35-29)22-9-5-4-8-21(22)32/h4-14,28H,15-18H2,1-3H3,(H,34,38)/t28-/m1/s1. The number of benzene rings is 2. The number of carbonyl (C=O) groups is 2. The monoisotopic (exact) mass is 603 g/mol. The highest BCUT2D eigenvalue weighted by Gasteiger charge is 2.40. The number of anilines is 1. The molecule has 0 saturated heterocycles. The smallest absolute Gasteiger partial charge is 0.240 e. The number of pyridine rings is 1. The number of thioether (sulfide) groups is 1. The Hall–Kier alpha value is -4.02. The van der Waals surface area contributed by atoms with Crippen LogP contribution in [0.3, 0.4) is 0 Å². The molecule has 0 bridgehead atoms. The fourth-order valence-corrected chi connectivity index (χ4v) is 6.51. The molecule has 2 aliphatic heterocycles. The second kappa shape index (κ2) is 11.3. The number of nitrogens with one attached hydrogen (secondary N) is 1. The van der Waals surface area contributed by atoms with E-state index in [1.165, 1.54) is 11.8 Å². The molecular formula is C31H30ClN5O4S. The molecule has 42 heavy (non-hydrogen) atoms. The predicted octanol–water partition coefficient (Wildman–Crippen LogP) is 5.43. The molecule has 2 aromatic carbocycles. The van der Waals surface area contributed by atoms with Gasteiger partial charge in [-0.05, 0) is 41.5 Å².